The van der Waals surface area contributed by atoms with Gasteiger partial charge in [-0.1, -0.05) is 64.1 Å². The van der Waals surface area contributed by atoms with Crippen LogP contribution in [0.2, 0.25) is 0 Å². The first-order chi connectivity index (χ1) is 12.6. The molecule has 150 valence electrons. The maximum absolute atomic E-state index is 11.8. The lowest BCUT2D eigenvalue weighted by Gasteiger charge is -2.20. The van der Waals surface area contributed by atoms with Gasteiger partial charge in [-0.3, -0.25) is 0 Å². The van der Waals surface area contributed by atoms with Crippen LogP contribution < -0.4 is 4.18 Å². The number of hydrogen-bond acceptors (Lipinski definition) is 5. The molecule has 2 N–H and O–H groups in total. The van der Waals surface area contributed by atoms with Gasteiger partial charge in [0.05, 0.1) is 12.2 Å². The van der Waals surface area contributed by atoms with Crippen LogP contribution in [0.4, 0.5) is 0 Å². The maximum atomic E-state index is 11.8. The summed E-state index contributed by atoms with van der Waals surface area (Å²) < 4.78 is 28.5. The molecule has 27 heavy (non-hydrogen) atoms. The number of aliphatic hydroxyl groups excluding tert-OH is 2. The number of rotatable bonds is 7. The molecule has 0 radical (unpaired) electrons. The average molecular weight is 395 g/mol. The maximum Gasteiger partial charge on any atom is 0.339 e. The van der Waals surface area contributed by atoms with E-state index in [1.807, 2.05) is 27.7 Å². The van der Waals surface area contributed by atoms with Crippen molar-refractivity contribution in [2.24, 2.45) is 11.8 Å². The summed E-state index contributed by atoms with van der Waals surface area (Å²) in [5.74, 6) is 0.790. The van der Waals surface area contributed by atoms with E-state index in [0.29, 0.717) is 12.2 Å². The molecule has 0 spiro atoms. The molecular formula is C21H30O5S. The van der Waals surface area contributed by atoms with Crippen LogP contribution in [0.15, 0.2) is 65.6 Å². The van der Waals surface area contributed by atoms with Crippen molar-refractivity contribution >= 4 is 10.1 Å². The molecule has 0 bridgehead atoms. The number of para-hydroxylation sites is 1. The molecule has 6 heteroatoms. The predicted molar refractivity (Wildman–Crippen MR) is 107 cm³/mol. The van der Waals surface area contributed by atoms with Crippen molar-refractivity contribution in [1.82, 2.24) is 0 Å². The van der Waals surface area contributed by atoms with Crippen LogP contribution in [0.5, 0.6) is 5.75 Å². The first kappa shape index (κ1) is 23.1. The summed E-state index contributed by atoms with van der Waals surface area (Å²) in [6.07, 6.45) is -0.241. The Labute approximate surface area is 162 Å². The van der Waals surface area contributed by atoms with E-state index in [-0.39, 0.29) is 28.9 Å². The highest BCUT2D eigenvalue weighted by Crippen LogP contribution is 2.17. The fourth-order valence-corrected chi connectivity index (χ4v) is 2.98. The first-order valence-electron chi connectivity index (χ1n) is 9.04. The molecule has 2 unspecified atom stereocenters. The van der Waals surface area contributed by atoms with E-state index in [1.54, 1.807) is 48.5 Å². The minimum Gasteiger partial charge on any atom is -0.393 e. The topological polar surface area (TPSA) is 83.8 Å². The molecule has 0 fully saturated rings. The highest BCUT2D eigenvalue weighted by Gasteiger charge is 2.17. The van der Waals surface area contributed by atoms with Gasteiger partial charge in [0, 0.05) is 0 Å². The van der Waals surface area contributed by atoms with E-state index in [9.17, 15) is 18.6 Å². The highest BCUT2D eigenvalue weighted by molar-refractivity contribution is 7.87. The third kappa shape index (κ3) is 8.56. The van der Waals surface area contributed by atoms with Crippen molar-refractivity contribution in [3.8, 4) is 5.75 Å². The smallest absolute Gasteiger partial charge is 0.339 e. The van der Waals surface area contributed by atoms with Gasteiger partial charge in [-0.15, -0.1) is 0 Å². The second kappa shape index (κ2) is 11.1. The molecule has 0 heterocycles. The average Bonchev–Trinajstić information content (AvgIpc) is 2.63. The van der Waals surface area contributed by atoms with Gasteiger partial charge in [0.1, 0.15) is 10.6 Å². The molecule has 0 aliphatic heterocycles. The van der Waals surface area contributed by atoms with Gasteiger partial charge in [0.25, 0.3) is 0 Å². The molecule has 2 aromatic carbocycles. The first-order valence-corrected chi connectivity index (χ1v) is 10.4. The molecule has 0 aliphatic carbocycles. The summed E-state index contributed by atoms with van der Waals surface area (Å²) in [5.41, 5.74) is 0. The summed E-state index contributed by atoms with van der Waals surface area (Å²) in [7, 11) is -3.71. The molecule has 0 aromatic heterocycles. The standard InChI is InChI=1S/C12H10O3S.C9H20O2/c13-16(14,12-9-5-2-6-10-12)15-11-7-3-1-4-8-11;1-6(2)8(10)5-9(11)7(3)4/h1-10H;6-11H,5H2,1-4H3. The Morgan fingerprint density at radius 3 is 1.59 bits per heavy atom. The molecule has 2 aromatic rings. The van der Waals surface area contributed by atoms with Crippen LogP contribution in [-0.2, 0) is 10.1 Å². The molecule has 0 amide bonds. The summed E-state index contributed by atoms with van der Waals surface area (Å²) in [6, 6.07) is 16.5. The minimum absolute atomic E-state index is 0.152. The molecule has 2 atom stereocenters. The van der Waals surface area contributed by atoms with Gasteiger partial charge in [-0.05, 0) is 42.5 Å². The number of aliphatic hydroxyl groups is 2. The summed E-state index contributed by atoms with van der Waals surface area (Å²) in [4.78, 5) is 0.152. The van der Waals surface area contributed by atoms with Gasteiger partial charge in [0.15, 0.2) is 0 Å². The van der Waals surface area contributed by atoms with Crippen LogP contribution >= 0.6 is 0 Å². The van der Waals surface area contributed by atoms with Crippen LogP contribution in [0.3, 0.4) is 0 Å². The third-order valence-corrected chi connectivity index (χ3v) is 5.26. The van der Waals surface area contributed by atoms with Crippen LogP contribution in [0.1, 0.15) is 34.1 Å². The van der Waals surface area contributed by atoms with Crippen molar-refractivity contribution in [2.75, 3.05) is 0 Å². The SMILES string of the molecule is CC(C)C(O)CC(O)C(C)C.O=S(=O)(Oc1ccccc1)c1ccccc1. The Morgan fingerprint density at radius 2 is 1.19 bits per heavy atom. The van der Waals surface area contributed by atoms with Gasteiger partial charge >= 0.3 is 10.1 Å². The normalized spacial score (nSPS) is 13.6. The molecule has 0 saturated carbocycles. The Balaban J connectivity index is 0.000000293. The molecular weight excluding hydrogens is 364 g/mol. The fourth-order valence-electron chi connectivity index (χ4n) is 2.03. The zero-order chi connectivity index (χ0) is 20.4. The fraction of sp³-hybridized carbons (Fsp3) is 0.429. The Kier molecular flexibility index (Phi) is 9.49. The molecule has 0 aliphatic rings. The van der Waals surface area contributed by atoms with Crippen molar-refractivity contribution in [1.29, 1.82) is 0 Å². The zero-order valence-corrected chi connectivity index (χ0v) is 17.1. The van der Waals surface area contributed by atoms with E-state index in [4.69, 9.17) is 4.18 Å². The van der Waals surface area contributed by atoms with Crippen molar-refractivity contribution in [3.63, 3.8) is 0 Å². The van der Waals surface area contributed by atoms with E-state index in [2.05, 4.69) is 0 Å². The van der Waals surface area contributed by atoms with Gasteiger partial charge in [-0.25, -0.2) is 0 Å². The van der Waals surface area contributed by atoms with Crippen LogP contribution in [0.25, 0.3) is 0 Å². The van der Waals surface area contributed by atoms with Crippen LogP contribution in [-0.4, -0.2) is 30.8 Å². The van der Waals surface area contributed by atoms with E-state index >= 15 is 0 Å². The second-order valence-corrected chi connectivity index (χ2v) is 8.57. The lowest BCUT2D eigenvalue weighted by Crippen LogP contribution is -2.25. The Bertz CT molecular complexity index is 731. The summed E-state index contributed by atoms with van der Waals surface area (Å²) >= 11 is 0. The monoisotopic (exact) mass is 394 g/mol. The van der Waals surface area contributed by atoms with Gasteiger partial charge < -0.3 is 14.4 Å². The highest BCUT2D eigenvalue weighted by atomic mass is 32.2. The van der Waals surface area contributed by atoms with Crippen LogP contribution in [0, 0.1) is 11.8 Å². The molecule has 5 nitrogen and oxygen atoms in total. The summed E-state index contributed by atoms with van der Waals surface area (Å²) in [5, 5.41) is 18.8. The van der Waals surface area contributed by atoms with Crippen molar-refractivity contribution in [3.05, 3.63) is 60.7 Å². The summed E-state index contributed by atoms with van der Waals surface area (Å²) in [6.45, 7) is 7.82. The number of hydrogen-bond donors (Lipinski definition) is 2. The quantitative estimate of drug-likeness (QED) is 0.697. The lowest BCUT2D eigenvalue weighted by atomic mass is 9.95. The minimum atomic E-state index is -3.71. The zero-order valence-electron chi connectivity index (χ0n) is 16.3. The van der Waals surface area contributed by atoms with Crippen molar-refractivity contribution in [2.45, 2.75) is 51.2 Å². The second-order valence-electron chi connectivity index (χ2n) is 7.02. The number of benzene rings is 2. The Hall–Kier alpha value is -1.89. The van der Waals surface area contributed by atoms with E-state index in [1.165, 1.54) is 12.1 Å². The predicted octanol–water partition coefficient (Wildman–Crippen LogP) is 3.86. The van der Waals surface area contributed by atoms with Gasteiger partial charge in [-0.2, -0.15) is 8.42 Å². The van der Waals surface area contributed by atoms with Gasteiger partial charge in [0.2, 0.25) is 0 Å². The molecule has 0 saturated heterocycles. The largest absolute Gasteiger partial charge is 0.393 e. The molecule has 2 rings (SSSR count). The van der Waals surface area contributed by atoms with E-state index < -0.39 is 10.1 Å². The third-order valence-electron chi connectivity index (χ3n) is 4.00. The van der Waals surface area contributed by atoms with Crippen molar-refractivity contribution < 1.29 is 22.8 Å². The Morgan fingerprint density at radius 1 is 0.778 bits per heavy atom. The lowest BCUT2D eigenvalue weighted by molar-refractivity contribution is 0.0326. The van der Waals surface area contributed by atoms with E-state index in [0.717, 1.165) is 0 Å².